The number of aromatic nitrogens is 5. The number of amides is 1. The molecule has 0 saturated heterocycles. The molecule has 150 valence electrons. The molecule has 1 amide bonds. The number of carbonyl (C=O) groups excluding carboxylic acids is 1. The summed E-state index contributed by atoms with van der Waals surface area (Å²) in [4.78, 5) is 26.8. The second-order valence-electron chi connectivity index (χ2n) is 6.86. The SMILES string of the molecule is Cc1nc(NC(=O)CCc2c(C)nc3c(C#N)cnn3c2C)sc1-c1ccccn1. The Morgan fingerprint density at radius 2 is 2.07 bits per heavy atom. The van der Waals surface area contributed by atoms with Crippen molar-refractivity contribution in [3.05, 3.63) is 58.8 Å². The zero-order valence-electron chi connectivity index (χ0n) is 16.8. The molecule has 4 aromatic rings. The minimum Gasteiger partial charge on any atom is -0.302 e. The largest absolute Gasteiger partial charge is 0.302 e. The quantitative estimate of drug-likeness (QED) is 0.531. The summed E-state index contributed by atoms with van der Waals surface area (Å²) in [5, 5.41) is 16.9. The molecule has 0 atom stereocenters. The summed E-state index contributed by atoms with van der Waals surface area (Å²) in [6, 6.07) is 7.81. The summed E-state index contributed by atoms with van der Waals surface area (Å²) >= 11 is 1.41. The smallest absolute Gasteiger partial charge is 0.226 e. The van der Waals surface area contributed by atoms with Crippen molar-refractivity contribution in [1.29, 1.82) is 5.26 Å². The molecular weight excluding hydrogens is 398 g/mol. The molecule has 0 radical (unpaired) electrons. The summed E-state index contributed by atoms with van der Waals surface area (Å²) in [5.41, 5.74) is 5.29. The number of nitrogens with zero attached hydrogens (tertiary/aromatic N) is 6. The second-order valence-corrected chi connectivity index (χ2v) is 7.86. The first-order chi connectivity index (χ1) is 14.5. The highest BCUT2D eigenvalue weighted by molar-refractivity contribution is 7.19. The molecule has 4 heterocycles. The van der Waals surface area contributed by atoms with E-state index in [1.165, 1.54) is 17.5 Å². The van der Waals surface area contributed by atoms with Crippen LogP contribution in [0.15, 0.2) is 30.6 Å². The van der Waals surface area contributed by atoms with Gasteiger partial charge in [-0.1, -0.05) is 17.4 Å². The summed E-state index contributed by atoms with van der Waals surface area (Å²) in [7, 11) is 0. The highest BCUT2D eigenvalue weighted by atomic mass is 32.1. The van der Waals surface area contributed by atoms with Crippen LogP contribution in [0.4, 0.5) is 5.13 Å². The van der Waals surface area contributed by atoms with E-state index in [1.807, 2.05) is 39.0 Å². The van der Waals surface area contributed by atoms with E-state index in [0.717, 1.165) is 33.2 Å². The molecule has 0 saturated carbocycles. The van der Waals surface area contributed by atoms with Crippen LogP contribution < -0.4 is 5.32 Å². The molecule has 4 rings (SSSR count). The lowest BCUT2D eigenvalue weighted by Gasteiger charge is -2.10. The minimum atomic E-state index is -0.117. The molecule has 0 aromatic carbocycles. The van der Waals surface area contributed by atoms with Gasteiger partial charge in [-0.15, -0.1) is 0 Å². The van der Waals surface area contributed by atoms with Crippen molar-refractivity contribution in [2.24, 2.45) is 0 Å². The van der Waals surface area contributed by atoms with Crippen LogP contribution in [-0.4, -0.2) is 30.5 Å². The van der Waals surface area contributed by atoms with Crippen LogP contribution in [-0.2, 0) is 11.2 Å². The van der Waals surface area contributed by atoms with Gasteiger partial charge in [0.15, 0.2) is 10.8 Å². The van der Waals surface area contributed by atoms with E-state index in [-0.39, 0.29) is 5.91 Å². The molecule has 1 N–H and O–H groups in total. The first-order valence-electron chi connectivity index (χ1n) is 9.40. The van der Waals surface area contributed by atoms with Gasteiger partial charge in [0.2, 0.25) is 5.91 Å². The number of carbonyl (C=O) groups is 1. The Morgan fingerprint density at radius 3 is 2.80 bits per heavy atom. The van der Waals surface area contributed by atoms with Gasteiger partial charge in [0, 0.05) is 24.0 Å². The third-order valence-electron chi connectivity index (χ3n) is 4.87. The van der Waals surface area contributed by atoms with Gasteiger partial charge < -0.3 is 5.32 Å². The zero-order valence-corrected chi connectivity index (χ0v) is 17.6. The number of aryl methyl sites for hydroxylation is 3. The maximum atomic E-state index is 12.5. The van der Waals surface area contributed by atoms with Gasteiger partial charge in [-0.25, -0.2) is 14.5 Å². The maximum Gasteiger partial charge on any atom is 0.226 e. The molecule has 8 nitrogen and oxygen atoms in total. The number of pyridine rings is 1. The fourth-order valence-electron chi connectivity index (χ4n) is 3.36. The van der Waals surface area contributed by atoms with E-state index in [4.69, 9.17) is 0 Å². The Labute approximate surface area is 177 Å². The number of hydrogen-bond acceptors (Lipinski definition) is 7. The maximum absolute atomic E-state index is 12.5. The predicted octanol–water partition coefficient (Wildman–Crippen LogP) is 3.62. The average molecular weight is 417 g/mol. The minimum absolute atomic E-state index is 0.117. The van der Waals surface area contributed by atoms with Crippen LogP contribution in [0.3, 0.4) is 0 Å². The van der Waals surface area contributed by atoms with Crippen molar-refractivity contribution in [2.75, 3.05) is 5.32 Å². The highest BCUT2D eigenvalue weighted by Gasteiger charge is 2.16. The van der Waals surface area contributed by atoms with E-state index in [9.17, 15) is 10.1 Å². The molecule has 0 bridgehead atoms. The molecule has 0 spiro atoms. The van der Waals surface area contributed by atoms with Crippen LogP contribution in [0.1, 0.15) is 34.6 Å². The molecule has 30 heavy (non-hydrogen) atoms. The monoisotopic (exact) mass is 417 g/mol. The van der Waals surface area contributed by atoms with E-state index in [2.05, 4.69) is 31.4 Å². The van der Waals surface area contributed by atoms with Gasteiger partial charge in [0.05, 0.1) is 22.5 Å². The molecule has 0 unspecified atom stereocenters. The molecule has 0 fully saturated rings. The first kappa shape index (κ1) is 19.7. The summed E-state index contributed by atoms with van der Waals surface area (Å²) in [5.74, 6) is -0.117. The summed E-state index contributed by atoms with van der Waals surface area (Å²) < 4.78 is 1.65. The summed E-state index contributed by atoms with van der Waals surface area (Å²) in [6.45, 7) is 5.72. The number of rotatable bonds is 5. The van der Waals surface area contributed by atoms with Crippen LogP contribution >= 0.6 is 11.3 Å². The van der Waals surface area contributed by atoms with E-state index >= 15 is 0 Å². The molecule has 0 aliphatic carbocycles. The molecule has 0 aliphatic rings. The Bertz CT molecular complexity index is 1280. The fraction of sp³-hybridized carbons (Fsp3) is 0.238. The number of anilines is 1. The van der Waals surface area contributed by atoms with Crippen LogP contribution in [0.25, 0.3) is 16.2 Å². The van der Waals surface area contributed by atoms with Gasteiger partial charge in [-0.3, -0.25) is 9.78 Å². The topological polar surface area (TPSA) is 109 Å². The average Bonchev–Trinajstić information content (AvgIpc) is 3.31. The van der Waals surface area contributed by atoms with Gasteiger partial charge in [0.25, 0.3) is 0 Å². The van der Waals surface area contributed by atoms with Crippen LogP contribution in [0.5, 0.6) is 0 Å². The van der Waals surface area contributed by atoms with Crippen molar-refractivity contribution in [1.82, 2.24) is 24.6 Å². The number of hydrogen-bond donors (Lipinski definition) is 1. The lowest BCUT2D eigenvalue weighted by molar-refractivity contribution is -0.116. The van der Waals surface area contributed by atoms with Crippen molar-refractivity contribution in [3.8, 4) is 16.6 Å². The normalized spacial score (nSPS) is 10.9. The molecular formula is C21H19N7OS. The van der Waals surface area contributed by atoms with Crippen LogP contribution in [0, 0.1) is 32.1 Å². The first-order valence-corrected chi connectivity index (χ1v) is 10.2. The van der Waals surface area contributed by atoms with Crippen molar-refractivity contribution >= 4 is 28.0 Å². The lowest BCUT2D eigenvalue weighted by atomic mass is 10.1. The van der Waals surface area contributed by atoms with E-state index < -0.39 is 0 Å². The third-order valence-corrected chi connectivity index (χ3v) is 5.97. The molecule has 4 aromatic heterocycles. The Balaban J connectivity index is 1.48. The standard InChI is InChI=1S/C21H19N7OS/c1-12-16(14(3)28-20(25-12)15(10-22)11-24-28)7-8-18(29)27-21-26-13(2)19(30-21)17-6-4-5-9-23-17/h4-6,9,11H,7-8H2,1-3H3,(H,26,27,29). The highest BCUT2D eigenvalue weighted by Crippen LogP contribution is 2.31. The Kier molecular flexibility index (Phi) is 5.25. The van der Waals surface area contributed by atoms with E-state index in [1.54, 1.807) is 10.7 Å². The van der Waals surface area contributed by atoms with Crippen molar-refractivity contribution in [3.63, 3.8) is 0 Å². The third kappa shape index (κ3) is 3.65. The van der Waals surface area contributed by atoms with Gasteiger partial charge >= 0.3 is 0 Å². The van der Waals surface area contributed by atoms with Crippen LogP contribution in [0.2, 0.25) is 0 Å². The summed E-state index contributed by atoms with van der Waals surface area (Å²) in [6.07, 6.45) is 4.06. The van der Waals surface area contributed by atoms with Gasteiger partial charge in [-0.05, 0) is 44.9 Å². The van der Waals surface area contributed by atoms with Gasteiger partial charge in [0.1, 0.15) is 11.6 Å². The predicted molar refractivity (Wildman–Crippen MR) is 114 cm³/mol. The number of fused-ring (bicyclic) bond motifs is 1. The van der Waals surface area contributed by atoms with Crippen molar-refractivity contribution < 1.29 is 4.79 Å². The van der Waals surface area contributed by atoms with Crippen molar-refractivity contribution in [2.45, 2.75) is 33.6 Å². The van der Waals surface area contributed by atoms with E-state index in [0.29, 0.717) is 29.2 Å². The molecule has 9 heteroatoms. The lowest BCUT2D eigenvalue weighted by Crippen LogP contribution is -2.14. The number of nitrogens with one attached hydrogen (secondary N) is 1. The second kappa shape index (κ2) is 8.00. The fourth-order valence-corrected chi connectivity index (χ4v) is 4.32. The Morgan fingerprint density at radius 1 is 1.23 bits per heavy atom. The number of thiazole rings is 1. The molecule has 0 aliphatic heterocycles. The number of nitriles is 1. The van der Waals surface area contributed by atoms with Gasteiger partial charge in [-0.2, -0.15) is 10.4 Å². The Hall–Kier alpha value is -3.64. The zero-order chi connectivity index (χ0) is 21.3.